The number of nitrogens with zero attached hydrogens (tertiary/aromatic N) is 2. The van der Waals surface area contributed by atoms with E-state index in [0.29, 0.717) is 0 Å². The highest BCUT2D eigenvalue weighted by Crippen LogP contribution is 2.29. The summed E-state index contributed by atoms with van der Waals surface area (Å²) in [5.74, 6) is 0. The number of aromatic nitrogens is 1. The number of hydrogen-bond acceptors (Lipinski definition) is 4. The van der Waals surface area contributed by atoms with Crippen LogP contribution in [0.2, 0.25) is 0 Å². The van der Waals surface area contributed by atoms with Gasteiger partial charge in [0.1, 0.15) is 0 Å². The Labute approximate surface area is 100 Å². The molecule has 1 fully saturated rings. The summed E-state index contributed by atoms with van der Waals surface area (Å²) >= 11 is 0. The van der Waals surface area contributed by atoms with Crippen molar-refractivity contribution in [2.45, 2.75) is 0 Å². The van der Waals surface area contributed by atoms with Gasteiger partial charge in [0, 0.05) is 43.4 Å². The van der Waals surface area contributed by atoms with Crippen LogP contribution >= 0.6 is 0 Å². The van der Waals surface area contributed by atoms with Crippen LogP contribution in [-0.4, -0.2) is 31.2 Å². The SMILES string of the molecule is Nc1ccc(N2CCNCC2)c2cccnc12. The Hall–Kier alpha value is -1.81. The zero-order chi connectivity index (χ0) is 11.7. The van der Waals surface area contributed by atoms with Crippen molar-refractivity contribution in [3.8, 4) is 0 Å². The van der Waals surface area contributed by atoms with Crippen LogP contribution in [0.4, 0.5) is 11.4 Å². The molecule has 1 aliphatic heterocycles. The highest BCUT2D eigenvalue weighted by molar-refractivity contribution is 5.98. The lowest BCUT2D eigenvalue weighted by Crippen LogP contribution is -2.43. The number of rotatable bonds is 1. The van der Waals surface area contributed by atoms with Gasteiger partial charge in [0.05, 0.1) is 11.2 Å². The molecule has 4 nitrogen and oxygen atoms in total. The van der Waals surface area contributed by atoms with Crippen LogP contribution in [0.15, 0.2) is 30.5 Å². The second-order valence-corrected chi connectivity index (χ2v) is 4.31. The molecule has 17 heavy (non-hydrogen) atoms. The predicted molar refractivity (Wildman–Crippen MR) is 71.2 cm³/mol. The van der Waals surface area contributed by atoms with E-state index in [1.807, 2.05) is 12.1 Å². The molecular weight excluding hydrogens is 212 g/mol. The first-order chi connectivity index (χ1) is 8.36. The highest BCUT2D eigenvalue weighted by Gasteiger charge is 2.14. The molecule has 3 N–H and O–H groups in total. The van der Waals surface area contributed by atoms with E-state index >= 15 is 0 Å². The fourth-order valence-electron chi connectivity index (χ4n) is 2.36. The van der Waals surface area contributed by atoms with Gasteiger partial charge >= 0.3 is 0 Å². The topological polar surface area (TPSA) is 54.2 Å². The van der Waals surface area contributed by atoms with Gasteiger partial charge in [-0.05, 0) is 24.3 Å². The molecule has 0 atom stereocenters. The van der Waals surface area contributed by atoms with Crippen molar-refractivity contribution in [1.29, 1.82) is 0 Å². The summed E-state index contributed by atoms with van der Waals surface area (Å²) in [5.41, 5.74) is 8.86. The van der Waals surface area contributed by atoms with Crippen molar-refractivity contribution in [3.63, 3.8) is 0 Å². The zero-order valence-corrected chi connectivity index (χ0v) is 9.69. The average Bonchev–Trinajstić information content (AvgIpc) is 2.41. The Kier molecular flexibility index (Phi) is 2.57. The fraction of sp³-hybridized carbons (Fsp3) is 0.308. The summed E-state index contributed by atoms with van der Waals surface area (Å²) in [5, 5.41) is 4.51. The molecule has 1 saturated heterocycles. The molecule has 3 rings (SSSR count). The summed E-state index contributed by atoms with van der Waals surface area (Å²) in [6.07, 6.45) is 1.79. The van der Waals surface area contributed by atoms with E-state index in [0.717, 1.165) is 42.8 Å². The molecular formula is C13H16N4. The standard InChI is InChI=1S/C13H16N4/c14-11-3-4-12(17-8-6-15-7-9-17)10-2-1-5-16-13(10)11/h1-5,15H,6-9,14H2. The first kappa shape index (κ1) is 10.4. The highest BCUT2D eigenvalue weighted by atomic mass is 15.2. The normalized spacial score (nSPS) is 16.4. The van der Waals surface area contributed by atoms with Crippen LogP contribution < -0.4 is 16.0 Å². The largest absolute Gasteiger partial charge is 0.397 e. The number of nitrogen functional groups attached to an aromatic ring is 1. The van der Waals surface area contributed by atoms with Crippen molar-refractivity contribution in [3.05, 3.63) is 30.5 Å². The molecule has 2 heterocycles. The number of nitrogens with one attached hydrogen (secondary N) is 1. The molecule has 4 heteroatoms. The van der Waals surface area contributed by atoms with Crippen LogP contribution in [0.3, 0.4) is 0 Å². The molecule has 0 radical (unpaired) electrons. The molecule has 2 aromatic rings. The first-order valence-electron chi connectivity index (χ1n) is 5.95. The minimum absolute atomic E-state index is 0.750. The molecule has 1 aromatic heterocycles. The molecule has 1 aromatic carbocycles. The molecule has 0 unspecified atom stereocenters. The van der Waals surface area contributed by atoms with Crippen molar-refractivity contribution in [2.75, 3.05) is 36.8 Å². The number of nitrogens with two attached hydrogens (primary N) is 1. The molecule has 0 aliphatic carbocycles. The van der Waals surface area contributed by atoms with Gasteiger partial charge in [0.15, 0.2) is 0 Å². The second kappa shape index (κ2) is 4.22. The lowest BCUT2D eigenvalue weighted by Gasteiger charge is -2.30. The third-order valence-electron chi connectivity index (χ3n) is 3.24. The van der Waals surface area contributed by atoms with Gasteiger partial charge in [-0.25, -0.2) is 0 Å². The Morgan fingerprint density at radius 3 is 2.82 bits per heavy atom. The maximum Gasteiger partial charge on any atom is 0.0951 e. The van der Waals surface area contributed by atoms with E-state index < -0.39 is 0 Å². The summed E-state index contributed by atoms with van der Waals surface area (Å²) in [6, 6.07) is 8.11. The average molecular weight is 228 g/mol. The van der Waals surface area contributed by atoms with Crippen molar-refractivity contribution in [2.24, 2.45) is 0 Å². The summed E-state index contributed by atoms with van der Waals surface area (Å²) in [6.45, 7) is 4.14. The van der Waals surface area contributed by atoms with Gasteiger partial charge in [-0.3, -0.25) is 4.98 Å². The molecule has 0 bridgehead atoms. The van der Waals surface area contributed by atoms with Crippen LogP contribution in [0.25, 0.3) is 10.9 Å². The lowest BCUT2D eigenvalue weighted by atomic mass is 10.1. The van der Waals surface area contributed by atoms with Crippen molar-refractivity contribution >= 4 is 22.3 Å². The van der Waals surface area contributed by atoms with E-state index in [1.165, 1.54) is 5.69 Å². The Morgan fingerprint density at radius 1 is 1.18 bits per heavy atom. The van der Waals surface area contributed by atoms with E-state index in [9.17, 15) is 0 Å². The minimum Gasteiger partial charge on any atom is -0.397 e. The van der Waals surface area contributed by atoms with Crippen LogP contribution in [-0.2, 0) is 0 Å². The summed E-state index contributed by atoms with van der Waals surface area (Å²) in [4.78, 5) is 6.76. The number of hydrogen-bond donors (Lipinski definition) is 2. The van der Waals surface area contributed by atoms with Crippen LogP contribution in [0, 0.1) is 0 Å². The molecule has 88 valence electrons. The lowest BCUT2D eigenvalue weighted by molar-refractivity contribution is 0.590. The van der Waals surface area contributed by atoms with Crippen LogP contribution in [0.1, 0.15) is 0 Å². The zero-order valence-electron chi connectivity index (χ0n) is 9.69. The Balaban J connectivity index is 2.12. The molecule has 0 spiro atoms. The summed E-state index contributed by atoms with van der Waals surface area (Å²) < 4.78 is 0. The number of pyridine rings is 1. The molecule has 0 amide bonds. The van der Waals surface area contributed by atoms with Crippen LogP contribution in [0.5, 0.6) is 0 Å². The number of anilines is 2. The number of benzene rings is 1. The predicted octanol–water partition coefficient (Wildman–Crippen LogP) is 1.23. The Morgan fingerprint density at radius 2 is 2.00 bits per heavy atom. The van der Waals surface area contributed by atoms with Gasteiger partial charge < -0.3 is 16.0 Å². The Bertz CT molecular complexity index is 532. The molecule has 1 aliphatic rings. The third kappa shape index (κ3) is 1.80. The summed E-state index contributed by atoms with van der Waals surface area (Å²) in [7, 11) is 0. The van der Waals surface area contributed by atoms with Gasteiger partial charge in [0.25, 0.3) is 0 Å². The quantitative estimate of drug-likeness (QED) is 0.721. The van der Waals surface area contributed by atoms with E-state index in [1.54, 1.807) is 6.20 Å². The second-order valence-electron chi connectivity index (χ2n) is 4.31. The van der Waals surface area contributed by atoms with Gasteiger partial charge in [-0.1, -0.05) is 0 Å². The number of fused-ring (bicyclic) bond motifs is 1. The monoisotopic (exact) mass is 228 g/mol. The maximum absolute atomic E-state index is 5.96. The molecule has 0 saturated carbocycles. The first-order valence-corrected chi connectivity index (χ1v) is 5.95. The fourth-order valence-corrected chi connectivity index (χ4v) is 2.36. The van der Waals surface area contributed by atoms with Crippen molar-refractivity contribution in [1.82, 2.24) is 10.3 Å². The van der Waals surface area contributed by atoms with Crippen molar-refractivity contribution < 1.29 is 0 Å². The third-order valence-corrected chi connectivity index (χ3v) is 3.24. The van der Waals surface area contributed by atoms with E-state index in [-0.39, 0.29) is 0 Å². The number of piperazine rings is 1. The maximum atomic E-state index is 5.96. The van der Waals surface area contributed by atoms with E-state index in [4.69, 9.17) is 5.73 Å². The minimum atomic E-state index is 0.750. The smallest absolute Gasteiger partial charge is 0.0951 e. The van der Waals surface area contributed by atoms with Gasteiger partial charge in [-0.15, -0.1) is 0 Å². The van der Waals surface area contributed by atoms with Gasteiger partial charge in [-0.2, -0.15) is 0 Å². The van der Waals surface area contributed by atoms with Gasteiger partial charge in [0.2, 0.25) is 0 Å². The van der Waals surface area contributed by atoms with E-state index in [2.05, 4.69) is 27.3 Å².